The Morgan fingerprint density at radius 2 is 1.76 bits per heavy atom. The summed E-state index contributed by atoms with van der Waals surface area (Å²) in [5.74, 6) is -0.962. The topological polar surface area (TPSA) is 63.2 Å². The highest BCUT2D eigenvalue weighted by Gasteiger charge is 2.18. The van der Waals surface area contributed by atoms with Crippen molar-refractivity contribution in [3.05, 3.63) is 47.7 Å². The Balaban J connectivity index is 2.28. The fourth-order valence-electron chi connectivity index (χ4n) is 2.06. The Morgan fingerprint density at radius 3 is 2.32 bits per heavy atom. The average Bonchev–Trinajstić information content (AvgIpc) is 2.53. The van der Waals surface area contributed by atoms with Crippen LogP contribution in [0.25, 0.3) is 0 Å². The number of ether oxygens (including phenoxy) is 1. The smallest absolute Gasteiger partial charge is 0.274 e. The van der Waals surface area contributed by atoms with Gasteiger partial charge in [0.15, 0.2) is 5.69 Å². The minimum atomic E-state index is -0.709. The molecule has 25 heavy (non-hydrogen) atoms. The van der Waals surface area contributed by atoms with Crippen LogP contribution in [0.4, 0.5) is 20.3 Å². The first-order valence-corrected chi connectivity index (χ1v) is 7.89. The highest BCUT2D eigenvalue weighted by Crippen LogP contribution is 2.23. The Morgan fingerprint density at radius 1 is 1.12 bits per heavy atom. The number of nitrogens with zero attached hydrogens (tertiary/aromatic N) is 1. The number of anilines is 2. The number of carbonyl (C=O) groups is 1. The molecule has 2 N–H and O–H groups in total. The molecule has 0 aliphatic heterocycles. The van der Waals surface area contributed by atoms with Crippen LogP contribution in [-0.2, 0) is 0 Å². The Hall–Kier alpha value is -2.70. The molecule has 2 aromatic rings. The van der Waals surface area contributed by atoms with Crippen LogP contribution in [-0.4, -0.2) is 24.0 Å². The normalized spacial score (nSPS) is 12.0. The highest BCUT2D eigenvalue weighted by molar-refractivity contribution is 5.95. The third kappa shape index (κ3) is 4.89. The van der Waals surface area contributed by atoms with Crippen LogP contribution < -0.4 is 15.4 Å². The molecule has 1 unspecified atom stereocenters. The molecule has 0 radical (unpaired) electrons. The van der Waals surface area contributed by atoms with Crippen molar-refractivity contribution >= 4 is 17.4 Å². The maximum atomic E-state index is 13.3. The standard InChI is InChI=1S/C18H21F2N3O2/c1-10(2)11(3)21-18(24)17-15(25-4)5-6-16(23-17)22-14-8-12(19)7-13(20)9-14/h5-11H,1-4H3,(H,21,24)(H,22,23). The van der Waals surface area contributed by atoms with Crippen LogP contribution in [0.15, 0.2) is 30.3 Å². The number of halogens is 2. The zero-order valence-corrected chi connectivity index (χ0v) is 14.6. The minimum absolute atomic E-state index is 0.0482. The number of pyridine rings is 1. The summed E-state index contributed by atoms with van der Waals surface area (Å²) in [6.07, 6.45) is 0. The van der Waals surface area contributed by atoms with Gasteiger partial charge in [-0.25, -0.2) is 13.8 Å². The number of hydrogen-bond acceptors (Lipinski definition) is 4. The zero-order chi connectivity index (χ0) is 18.6. The van der Waals surface area contributed by atoms with Crippen LogP contribution in [0.1, 0.15) is 31.3 Å². The predicted octanol–water partition coefficient (Wildman–Crippen LogP) is 3.89. The fraction of sp³-hybridized carbons (Fsp3) is 0.333. The number of hydrogen-bond donors (Lipinski definition) is 2. The molecule has 134 valence electrons. The summed E-state index contributed by atoms with van der Waals surface area (Å²) in [5, 5.41) is 5.63. The molecule has 0 fully saturated rings. The largest absolute Gasteiger partial charge is 0.494 e. The zero-order valence-electron chi connectivity index (χ0n) is 14.6. The van der Waals surface area contributed by atoms with Crippen molar-refractivity contribution in [3.8, 4) is 5.75 Å². The van der Waals surface area contributed by atoms with E-state index in [0.29, 0.717) is 5.75 Å². The molecule has 0 saturated carbocycles. The van der Waals surface area contributed by atoms with Gasteiger partial charge in [0.05, 0.1) is 7.11 Å². The predicted molar refractivity (Wildman–Crippen MR) is 92.2 cm³/mol. The first-order valence-electron chi connectivity index (χ1n) is 7.89. The van der Waals surface area contributed by atoms with E-state index in [1.165, 1.54) is 7.11 Å². The summed E-state index contributed by atoms with van der Waals surface area (Å²) in [4.78, 5) is 16.7. The second-order valence-electron chi connectivity index (χ2n) is 6.04. The van der Waals surface area contributed by atoms with E-state index in [1.807, 2.05) is 20.8 Å². The van der Waals surface area contributed by atoms with Crippen molar-refractivity contribution in [1.82, 2.24) is 10.3 Å². The minimum Gasteiger partial charge on any atom is -0.494 e. The van der Waals surface area contributed by atoms with Gasteiger partial charge >= 0.3 is 0 Å². The van der Waals surface area contributed by atoms with E-state index in [-0.39, 0.29) is 35.1 Å². The molecule has 7 heteroatoms. The summed E-state index contributed by atoms with van der Waals surface area (Å²) in [6, 6.07) is 6.13. The van der Waals surface area contributed by atoms with Gasteiger partial charge in [-0.1, -0.05) is 13.8 Å². The van der Waals surface area contributed by atoms with Crippen molar-refractivity contribution in [2.24, 2.45) is 5.92 Å². The van der Waals surface area contributed by atoms with E-state index in [1.54, 1.807) is 12.1 Å². The van der Waals surface area contributed by atoms with E-state index in [4.69, 9.17) is 4.74 Å². The summed E-state index contributed by atoms with van der Waals surface area (Å²) in [6.45, 7) is 5.88. The maximum Gasteiger partial charge on any atom is 0.274 e. The average molecular weight is 349 g/mol. The molecule has 1 aromatic carbocycles. The van der Waals surface area contributed by atoms with E-state index >= 15 is 0 Å². The van der Waals surface area contributed by atoms with Gasteiger partial charge < -0.3 is 15.4 Å². The number of carbonyl (C=O) groups excluding carboxylic acids is 1. The van der Waals surface area contributed by atoms with Crippen molar-refractivity contribution in [3.63, 3.8) is 0 Å². The lowest BCUT2D eigenvalue weighted by Crippen LogP contribution is -2.36. The van der Waals surface area contributed by atoms with Gasteiger partial charge in [-0.3, -0.25) is 4.79 Å². The Labute approximate surface area is 145 Å². The fourth-order valence-corrected chi connectivity index (χ4v) is 2.06. The third-order valence-corrected chi connectivity index (χ3v) is 3.79. The molecule has 0 saturated heterocycles. The second kappa shape index (κ2) is 7.92. The summed E-state index contributed by atoms with van der Waals surface area (Å²) >= 11 is 0. The number of aromatic nitrogens is 1. The Bertz CT molecular complexity index is 746. The molecule has 0 aliphatic rings. The quantitative estimate of drug-likeness (QED) is 0.831. The second-order valence-corrected chi connectivity index (χ2v) is 6.04. The van der Waals surface area contributed by atoms with Gasteiger partial charge in [0.1, 0.15) is 23.2 Å². The lowest BCUT2D eigenvalue weighted by atomic mass is 10.1. The van der Waals surface area contributed by atoms with Gasteiger partial charge in [-0.15, -0.1) is 0 Å². The van der Waals surface area contributed by atoms with E-state index in [0.717, 1.165) is 18.2 Å². The summed E-state index contributed by atoms with van der Waals surface area (Å²) in [5.41, 5.74) is 0.286. The van der Waals surface area contributed by atoms with Crippen molar-refractivity contribution in [2.45, 2.75) is 26.8 Å². The van der Waals surface area contributed by atoms with Gasteiger partial charge in [-0.05, 0) is 37.1 Å². The van der Waals surface area contributed by atoms with E-state index < -0.39 is 11.6 Å². The van der Waals surface area contributed by atoms with Crippen LogP contribution in [0.3, 0.4) is 0 Å². The van der Waals surface area contributed by atoms with Crippen LogP contribution in [0.2, 0.25) is 0 Å². The lowest BCUT2D eigenvalue weighted by molar-refractivity contribution is 0.0922. The van der Waals surface area contributed by atoms with Gasteiger partial charge in [-0.2, -0.15) is 0 Å². The number of methoxy groups -OCH3 is 1. The maximum absolute atomic E-state index is 13.3. The molecule has 5 nitrogen and oxygen atoms in total. The van der Waals surface area contributed by atoms with Crippen molar-refractivity contribution in [2.75, 3.05) is 12.4 Å². The van der Waals surface area contributed by atoms with Crippen LogP contribution >= 0.6 is 0 Å². The molecular weight excluding hydrogens is 328 g/mol. The van der Waals surface area contributed by atoms with Crippen LogP contribution in [0.5, 0.6) is 5.75 Å². The SMILES string of the molecule is COc1ccc(Nc2cc(F)cc(F)c2)nc1C(=O)NC(C)C(C)C. The lowest BCUT2D eigenvalue weighted by Gasteiger charge is -2.18. The molecule has 1 aromatic heterocycles. The van der Waals surface area contributed by atoms with E-state index in [9.17, 15) is 13.6 Å². The molecule has 1 amide bonds. The number of benzene rings is 1. The molecular formula is C18H21F2N3O2. The number of rotatable bonds is 6. The Kier molecular flexibility index (Phi) is 5.90. The molecule has 0 spiro atoms. The molecule has 1 atom stereocenters. The molecule has 1 heterocycles. The molecule has 0 aliphatic carbocycles. The van der Waals surface area contributed by atoms with Gasteiger partial charge in [0, 0.05) is 17.8 Å². The number of amides is 1. The monoisotopic (exact) mass is 349 g/mol. The van der Waals surface area contributed by atoms with Gasteiger partial charge in [0.2, 0.25) is 0 Å². The highest BCUT2D eigenvalue weighted by atomic mass is 19.1. The first-order chi connectivity index (χ1) is 11.8. The van der Waals surface area contributed by atoms with E-state index in [2.05, 4.69) is 15.6 Å². The van der Waals surface area contributed by atoms with Crippen molar-refractivity contribution in [1.29, 1.82) is 0 Å². The summed E-state index contributed by atoms with van der Waals surface area (Å²) < 4.78 is 31.8. The third-order valence-electron chi connectivity index (χ3n) is 3.79. The van der Waals surface area contributed by atoms with Gasteiger partial charge in [0.25, 0.3) is 5.91 Å². The first kappa shape index (κ1) is 18.6. The molecule has 2 rings (SSSR count). The number of nitrogens with one attached hydrogen (secondary N) is 2. The summed E-state index contributed by atoms with van der Waals surface area (Å²) in [7, 11) is 1.44. The van der Waals surface area contributed by atoms with Crippen molar-refractivity contribution < 1.29 is 18.3 Å². The molecule has 0 bridgehead atoms. The van der Waals surface area contributed by atoms with Crippen LogP contribution in [0, 0.1) is 17.6 Å².